The highest BCUT2D eigenvalue weighted by Crippen LogP contribution is 2.18. The van der Waals surface area contributed by atoms with Gasteiger partial charge < -0.3 is 0 Å². The molecular weight excluding hydrogens is 381 g/mol. The van der Waals surface area contributed by atoms with Gasteiger partial charge in [-0.3, -0.25) is 9.69 Å². The minimum absolute atomic E-state index is 0.0951. The lowest BCUT2D eigenvalue weighted by Crippen LogP contribution is -2.49. The molecule has 0 saturated carbocycles. The van der Waals surface area contributed by atoms with E-state index in [2.05, 4.69) is 4.98 Å². The lowest BCUT2D eigenvalue weighted by molar-refractivity contribution is 0.0901. The quantitative estimate of drug-likeness (QED) is 0.570. The van der Waals surface area contributed by atoms with Crippen molar-refractivity contribution in [1.82, 2.24) is 14.2 Å². The van der Waals surface area contributed by atoms with E-state index in [1.54, 1.807) is 0 Å². The Labute approximate surface area is 156 Å². The zero-order chi connectivity index (χ0) is 18.7. The number of aromatic nitrogens is 1. The average molecular weight is 398 g/mol. The second-order valence-corrected chi connectivity index (χ2v) is 8.25. The smallest absolute Gasteiger partial charge is 0.244 e. The van der Waals surface area contributed by atoms with Crippen LogP contribution in [0.3, 0.4) is 0 Å². The summed E-state index contributed by atoms with van der Waals surface area (Å²) in [5.74, 6) is -0.514. The first kappa shape index (κ1) is 18.9. The summed E-state index contributed by atoms with van der Waals surface area (Å²) in [6.07, 6.45) is 1.24. The van der Waals surface area contributed by atoms with Crippen molar-refractivity contribution < 1.29 is 17.6 Å². The summed E-state index contributed by atoms with van der Waals surface area (Å²) in [4.78, 5) is 18.0. The molecule has 9 heteroatoms. The van der Waals surface area contributed by atoms with Gasteiger partial charge in [0.15, 0.2) is 5.78 Å². The first-order valence-corrected chi connectivity index (χ1v) is 9.81. The van der Waals surface area contributed by atoms with Crippen molar-refractivity contribution in [2.45, 2.75) is 4.90 Å². The van der Waals surface area contributed by atoms with Crippen molar-refractivity contribution >= 4 is 27.4 Å². The molecular formula is C17H17ClFN3O3S. The molecule has 1 aromatic heterocycles. The Morgan fingerprint density at radius 1 is 1.08 bits per heavy atom. The fourth-order valence-corrected chi connectivity index (χ4v) is 4.20. The molecule has 0 bridgehead atoms. The summed E-state index contributed by atoms with van der Waals surface area (Å²) >= 11 is 5.70. The molecule has 1 aliphatic rings. The summed E-state index contributed by atoms with van der Waals surface area (Å²) in [6.45, 7) is 1.60. The minimum atomic E-state index is -3.63. The van der Waals surface area contributed by atoms with Crippen molar-refractivity contribution in [3.05, 3.63) is 59.1 Å². The largest absolute Gasteiger partial charge is 0.293 e. The van der Waals surface area contributed by atoms with Crippen LogP contribution in [0, 0.1) is 5.82 Å². The molecule has 3 rings (SSSR count). The highest BCUT2D eigenvalue weighted by molar-refractivity contribution is 7.89. The summed E-state index contributed by atoms with van der Waals surface area (Å²) in [5, 5.41) is 0.230. The third-order valence-corrected chi connectivity index (χ3v) is 6.31. The van der Waals surface area contributed by atoms with Crippen LogP contribution < -0.4 is 0 Å². The fourth-order valence-electron chi connectivity index (χ4n) is 2.72. The first-order valence-electron chi connectivity index (χ1n) is 7.99. The van der Waals surface area contributed by atoms with Crippen LogP contribution in [0.4, 0.5) is 4.39 Å². The van der Waals surface area contributed by atoms with Crippen LogP contribution in [0.25, 0.3) is 0 Å². The molecule has 0 spiro atoms. The summed E-state index contributed by atoms with van der Waals surface area (Å²) < 4.78 is 39.5. The number of carbonyl (C=O) groups is 1. The van der Waals surface area contributed by atoms with Gasteiger partial charge in [-0.15, -0.1) is 0 Å². The normalized spacial score (nSPS) is 16.5. The van der Waals surface area contributed by atoms with E-state index < -0.39 is 15.8 Å². The minimum Gasteiger partial charge on any atom is -0.293 e. The van der Waals surface area contributed by atoms with Crippen molar-refractivity contribution in [1.29, 1.82) is 0 Å². The van der Waals surface area contributed by atoms with E-state index in [0.29, 0.717) is 18.7 Å². The monoisotopic (exact) mass is 397 g/mol. The number of ketones is 1. The van der Waals surface area contributed by atoms with Crippen LogP contribution >= 0.6 is 11.6 Å². The Morgan fingerprint density at radius 3 is 2.31 bits per heavy atom. The maximum atomic E-state index is 12.9. The number of halogens is 2. The predicted molar refractivity (Wildman–Crippen MR) is 95.2 cm³/mol. The van der Waals surface area contributed by atoms with E-state index in [1.165, 1.54) is 46.9 Å². The number of Topliss-reactive ketones (excluding diaryl/α,β-unsaturated/α-hetero) is 1. The molecule has 0 unspecified atom stereocenters. The Morgan fingerprint density at radius 2 is 1.73 bits per heavy atom. The van der Waals surface area contributed by atoms with Crippen molar-refractivity contribution in [2.75, 3.05) is 32.7 Å². The fraction of sp³-hybridized carbons (Fsp3) is 0.294. The molecule has 2 heterocycles. The third kappa shape index (κ3) is 4.27. The van der Waals surface area contributed by atoms with Crippen LogP contribution in [-0.4, -0.2) is 61.1 Å². The number of hydrogen-bond acceptors (Lipinski definition) is 5. The number of pyridine rings is 1. The topological polar surface area (TPSA) is 70.6 Å². The number of nitrogens with zero attached hydrogens (tertiary/aromatic N) is 3. The number of piperazine rings is 1. The highest BCUT2D eigenvalue weighted by atomic mass is 35.5. The lowest BCUT2D eigenvalue weighted by Gasteiger charge is -2.33. The van der Waals surface area contributed by atoms with Gasteiger partial charge in [-0.1, -0.05) is 11.6 Å². The maximum Gasteiger partial charge on any atom is 0.244 e. The average Bonchev–Trinajstić information content (AvgIpc) is 2.63. The van der Waals surface area contributed by atoms with Gasteiger partial charge in [-0.25, -0.2) is 17.8 Å². The predicted octanol–water partition coefficient (Wildman–Crippen LogP) is 2.06. The number of rotatable bonds is 5. The molecule has 0 atom stereocenters. The Kier molecular flexibility index (Phi) is 5.67. The number of sulfonamides is 1. The van der Waals surface area contributed by atoms with E-state index in [-0.39, 0.29) is 35.5 Å². The van der Waals surface area contributed by atoms with Crippen molar-refractivity contribution in [2.24, 2.45) is 0 Å². The number of benzene rings is 1. The van der Waals surface area contributed by atoms with Gasteiger partial charge in [0.2, 0.25) is 10.0 Å². The van der Waals surface area contributed by atoms with Gasteiger partial charge in [-0.2, -0.15) is 4.31 Å². The molecule has 1 aliphatic heterocycles. The second kappa shape index (κ2) is 7.79. The van der Waals surface area contributed by atoms with Crippen molar-refractivity contribution in [3.63, 3.8) is 0 Å². The molecule has 1 aromatic carbocycles. The van der Waals surface area contributed by atoms with E-state index >= 15 is 0 Å². The number of carbonyl (C=O) groups excluding carboxylic acids is 1. The van der Waals surface area contributed by atoms with Crippen LogP contribution in [0.5, 0.6) is 0 Å². The van der Waals surface area contributed by atoms with Gasteiger partial charge >= 0.3 is 0 Å². The van der Waals surface area contributed by atoms with Crippen LogP contribution in [0.1, 0.15) is 10.4 Å². The molecule has 0 amide bonds. The summed E-state index contributed by atoms with van der Waals surface area (Å²) in [7, 11) is -3.63. The molecule has 1 saturated heterocycles. The standard InChI is InChI=1S/C17H17ClFN3O3S/c18-17-6-5-15(11-20-17)26(24,25)22-9-7-21(8-10-22)12-16(23)13-1-3-14(19)4-2-13/h1-6,11H,7-10,12H2. The van der Waals surface area contributed by atoms with Gasteiger partial charge in [0.1, 0.15) is 15.9 Å². The Hall–Kier alpha value is -1.87. The maximum absolute atomic E-state index is 12.9. The molecule has 2 aromatic rings. The van der Waals surface area contributed by atoms with Crippen LogP contribution in [0.2, 0.25) is 5.15 Å². The van der Waals surface area contributed by atoms with Gasteiger partial charge in [0.05, 0.1) is 6.54 Å². The molecule has 26 heavy (non-hydrogen) atoms. The van der Waals surface area contributed by atoms with E-state index in [0.717, 1.165) is 0 Å². The molecule has 0 N–H and O–H groups in total. The van der Waals surface area contributed by atoms with Gasteiger partial charge in [-0.05, 0) is 36.4 Å². The zero-order valence-corrected chi connectivity index (χ0v) is 15.4. The van der Waals surface area contributed by atoms with Crippen LogP contribution in [-0.2, 0) is 10.0 Å². The Bertz CT molecular complexity index is 880. The van der Waals surface area contributed by atoms with E-state index in [1.807, 2.05) is 4.90 Å². The molecule has 1 fully saturated rings. The molecule has 138 valence electrons. The summed E-state index contributed by atoms with van der Waals surface area (Å²) in [5.41, 5.74) is 0.439. The SMILES string of the molecule is O=C(CN1CCN(S(=O)(=O)c2ccc(Cl)nc2)CC1)c1ccc(F)cc1. The van der Waals surface area contributed by atoms with Crippen molar-refractivity contribution in [3.8, 4) is 0 Å². The first-order chi connectivity index (χ1) is 12.4. The lowest BCUT2D eigenvalue weighted by atomic mass is 10.1. The highest BCUT2D eigenvalue weighted by Gasteiger charge is 2.29. The molecule has 6 nitrogen and oxygen atoms in total. The van der Waals surface area contributed by atoms with E-state index in [4.69, 9.17) is 11.6 Å². The number of hydrogen-bond donors (Lipinski definition) is 0. The second-order valence-electron chi connectivity index (χ2n) is 5.93. The Balaban J connectivity index is 1.59. The van der Waals surface area contributed by atoms with Gasteiger partial charge in [0.25, 0.3) is 0 Å². The zero-order valence-electron chi connectivity index (χ0n) is 13.8. The molecule has 0 radical (unpaired) electrons. The molecule has 0 aliphatic carbocycles. The van der Waals surface area contributed by atoms with Crippen LogP contribution in [0.15, 0.2) is 47.5 Å². The van der Waals surface area contributed by atoms with Gasteiger partial charge in [0, 0.05) is 37.9 Å². The summed E-state index contributed by atoms with van der Waals surface area (Å²) in [6, 6.07) is 8.26. The van der Waals surface area contributed by atoms with E-state index in [9.17, 15) is 17.6 Å². The third-order valence-electron chi connectivity index (χ3n) is 4.20.